The van der Waals surface area contributed by atoms with Crippen molar-refractivity contribution in [1.82, 2.24) is 10.6 Å². The molecule has 2 nitrogen and oxygen atoms in total. The highest BCUT2D eigenvalue weighted by Crippen LogP contribution is 2.63. The summed E-state index contributed by atoms with van der Waals surface area (Å²) in [6, 6.07) is 0.774. The van der Waals surface area contributed by atoms with Gasteiger partial charge in [-0.25, -0.2) is 0 Å². The molecule has 2 unspecified atom stereocenters. The molecular formula is C11H20N2. The Morgan fingerprint density at radius 3 is 3.00 bits per heavy atom. The van der Waals surface area contributed by atoms with Crippen LogP contribution in [0.1, 0.15) is 32.1 Å². The van der Waals surface area contributed by atoms with Gasteiger partial charge in [-0.3, -0.25) is 0 Å². The second kappa shape index (κ2) is 2.96. The van der Waals surface area contributed by atoms with Crippen LogP contribution in [0.15, 0.2) is 0 Å². The minimum absolute atomic E-state index is 0.774. The van der Waals surface area contributed by atoms with Gasteiger partial charge in [0.05, 0.1) is 0 Å². The van der Waals surface area contributed by atoms with E-state index in [9.17, 15) is 0 Å². The second-order valence-corrected chi connectivity index (χ2v) is 5.23. The van der Waals surface area contributed by atoms with Crippen LogP contribution in [0.2, 0.25) is 0 Å². The first kappa shape index (κ1) is 8.25. The van der Waals surface area contributed by atoms with Crippen molar-refractivity contribution in [3.8, 4) is 0 Å². The fraction of sp³-hybridized carbons (Fsp3) is 1.00. The van der Waals surface area contributed by atoms with E-state index in [4.69, 9.17) is 0 Å². The first-order valence-electron chi connectivity index (χ1n) is 5.83. The summed E-state index contributed by atoms with van der Waals surface area (Å²) in [5.41, 5.74) is 0.780. The van der Waals surface area contributed by atoms with Crippen LogP contribution in [0.4, 0.5) is 0 Å². The van der Waals surface area contributed by atoms with E-state index in [-0.39, 0.29) is 0 Å². The van der Waals surface area contributed by atoms with Crippen molar-refractivity contribution in [3.63, 3.8) is 0 Å². The molecule has 1 heterocycles. The number of rotatable bonds is 3. The van der Waals surface area contributed by atoms with Crippen molar-refractivity contribution >= 4 is 0 Å². The van der Waals surface area contributed by atoms with E-state index in [0.717, 1.165) is 17.4 Å². The average molecular weight is 180 g/mol. The van der Waals surface area contributed by atoms with Crippen molar-refractivity contribution in [2.75, 3.05) is 19.6 Å². The molecule has 3 rings (SSSR count). The third-order valence-corrected chi connectivity index (χ3v) is 4.39. The van der Waals surface area contributed by atoms with Crippen LogP contribution < -0.4 is 10.6 Å². The van der Waals surface area contributed by atoms with Gasteiger partial charge in [0.25, 0.3) is 0 Å². The molecular weight excluding hydrogens is 160 g/mol. The zero-order chi connectivity index (χ0) is 8.73. The fourth-order valence-electron chi connectivity index (χ4n) is 3.33. The van der Waals surface area contributed by atoms with Crippen molar-refractivity contribution in [1.29, 1.82) is 0 Å². The predicted octanol–water partition coefficient (Wildman–Crippen LogP) is 1.13. The molecule has 0 aromatic carbocycles. The van der Waals surface area contributed by atoms with E-state index < -0.39 is 0 Å². The third-order valence-electron chi connectivity index (χ3n) is 4.39. The Bertz CT molecular complexity index is 198. The molecule has 2 N–H and O–H groups in total. The summed E-state index contributed by atoms with van der Waals surface area (Å²) in [5, 5.41) is 7.15. The first-order chi connectivity index (χ1) is 6.39. The van der Waals surface area contributed by atoms with Gasteiger partial charge in [0.2, 0.25) is 0 Å². The minimum atomic E-state index is 0.774. The molecule has 3 aliphatic rings. The lowest BCUT2D eigenvalue weighted by molar-refractivity contribution is 0.406. The van der Waals surface area contributed by atoms with Crippen molar-refractivity contribution in [3.05, 3.63) is 0 Å². The predicted molar refractivity (Wildman–Crippen MR) is 53.7 cm³/mol. The quantitative estimate of drug-likeness (QED) is 0.680. The topological polar surface area (TPSA) is 24.1 Å². The maximum Gasteiger partial charge on any atom is 0.0204 e. The summed E-state index contributed by atoms with van der Waals surface area (Å²) in [7, 11) is 0. The summed E-state index contributed by atoms with van der Waals surface area (Å²) in [5.74, 6) is 1.11. The SMILES string of the molecule is C1CC2CC2(CN[C@H]2CCNC2)C1. The van der Waals surface area contributed by atoms with Gasteiger partial charge in [-0.1, -0.05) is 6.42 Å². The Balaban J connectivity index is 1.48. The van der Waals surface area contributed by atoms with E-state index >= 15 is 0 Å². The molecule has 2 aliphatic carbocycles. The van der Waals surface area contributed by atoms with Gasteiger partial charge in [-0.15, -0.1) is 0 Å². The smallest absolute Gasteiger partial charge is 0.0204 e. The van der Waals surface area contributed by atoms with E-state index in [1.807, 2.05) is 0 Å². The largest absolute Gasteiger partial charge is 0.315 e. The highest BCUT2D eigenvalue weighted by Gasteiger charge is 2.56. The number of fused-ring (bicyclic) bond motifs is 1. The molecule has 0 amide bonds. The Morgan fingerprint density at radius 1 is 1.38 bits per heavy atom. The summed E-state index contributed by atoms with van der Waals surface area (Å²) >= 11 is 0. The molecule has 3 fully saturated rings. The van der Waals surface area contributed by atoms with E-state index in [1.54, 1.807) is 0 Å². The zero-order valence-electron chi connectivity index (χ0n) is 8.31. The van der Waals surface area contributed by atoms with Crippen molar-refractivity contribution in [2.24, 2.45) is 11.3 Å². The maximum absolute atomic E-state index is 3.74. The molecule has 0 spiro atoms. The maximum atomic E-state index is 3.74. The van der Waals surface area contributed by atoms with Crippen LogP contribution in [0, 0.1) is 11.3 Å². The summed E-state index contributed by atoms with van der Waals surface area (Å²) in [4.78, 5) is 0. The number of nitrogens with one attached hydrogen (secondary N) is 2. The van der Waals surface area contributed by atoms with Crippen LogP contribution in [-0.4, -0.2) is 25.7 Å². The van der Waals surface area contributed by atoms with Crippen LogP contribution in [0.25, 0.3) is 0 Å². The third kappa shape index (κ3) is 1.40. The van der Waals surface area contributed by atoms with E-state index in [2.05, 4.69) is 10.6 Å². The molecule has 2 saturated carbocycles. The lowest BCUT2D eigenvalue weighted by Crippen LogP contribution is -2.35. The second-order valence-electron chi connectivity index (χ2n) is 5.23. The standard InChI is InChI=1S/C11H20N2/c1-2-9-6-11(9,4-1)8-13-10-3-5-12-7-10/h9-10,12-13H,1-8H2/t9?,10-,11?/m0/s1. The van der Waals surface area contributed by atoms with E-state index in [0.29, 0.717) is 0 Å². The molecule has 74 valence electrons. The highest BCUT2D eigenvalue weighted by molar-refractivity contribution is 5.07. The Labute approximate surface area is 80.5 Å². The van der Waals surface area contributed by atoms with Gasteiger partial charge in [-0.05, 0) is 43.6 Å². The molecule has 0 aromatic rings. The normalized spacial score (nSPS) is 48.0. The van der Waals surface area contributed by atoms with Crippen molar-refractivity contribution < 1.29 is 0 Å². The first-order valence-corrected chi connectivity index (χ1v) is 5.83. The highest BCUT2D eigenvalue weighted by atomic mass is 15.0. The number of hydrogen-bond donors (Lipinski definition) is 2. The molecule has 1 saturated heterocycles. The van der Waals surface area contributed by atoms with Crippen LogP contribution in [0.3, 0.4) is 0 Å². The van der Waals surface area contributed by atoms with Gasteiger partial charge in [0, 0.05) is 19.1 Å². The van der Waals surface area contributed by atoms with Gasteiger partial charge < -0.3 is 10.6 Å². The van der Waals surface area contributed by atoms with Gasteiger partial charge in [-0.2, -0.15) is 0 Å². The molecule has 0 bridgehead atoms. The molecule has 1 aliphatic heterocycles. The van der Waals surface area contributed by atoms with Crippen molar-refractivity contribution in [2.45, 2.75) is 38.1 Å². The summed E-state index contributed by atoms with van der Waals surface area (Å²) < 4.78 is 0. The summed E-state index contributed by atoms with van der Waals surface area (Å²) in [6.07, 6.45) is 7.38. The summed E-state index contributed by atoms with van der Waals surface area (Å²) in [6.45, 7) is 3.72. The zero-order valence-corrected chi connectivity index (χ0v) is 8.31. The Hall–Kier alpha value is -0.0800. The molecule has 0 radical (unpaired) electrons. The lowest BCUT2D eigenvalue weighted by Gasteiger charge is -2.17. The number of hydrogen-bond acceptors (Lipinski definition) is 2. The monoisotopic (exact) mass is 180 g/mol. The van der Waals surface area contributed by atoms with E-state index in [1.165, 1.54) is 51.7 Å². The van der Waals surface area contributed by atoms with Crippen LogP contribution >= 0.6 is 0 Å². The molecule has 3 atom stereocenters. The van der Waals surface area contributed by atoms with Gasteiger partial charge in [0.1, 0.15) is 0 Å². The Kier molecular flexibility index (Phi) is 1.88. The molecule has 0 aromatic heterocycles. The van der Waals surface area contributed by atoms with Gasteiger partial charge >= 0.3 is 0 Å². The Morgan fingerprint density at radius 2 is 2.38 bits per heavy atom. The van der Waals surface area contributed by atoms with Gasteiger partial charge in [0.15, 0.2) is 0 Å². The van der Waals surface area contributed by atoms with Crippen LogP contribution in [0.5, 0.6) is 0 Å². The average Bonchev–Trinajstić information content (AvgIpc) is 2.61. The molecule has 13 heavy (non-hydrogen) atoms. The fourth-order valence-corrected chi connectivity index (χ4v) is 3.33. The molecule has 2 heteroatoms. The lowest BCUT2D eigenvalue weighted by atomic mass is 10.0. The van der Waals surface area contributed by atoms with Crippen LogP contribution in [-0.2, 0) is 0 Å². The minimum Gasteiger partial charge on any atom is -0.315 e.